The van der Waals surface area contributed by atoms with Crippen LogP contribution in [0.15, 0.2) is 18.2 Å². The van der Waals surface area contributed by atoms with E-state index in [9.17, 15) is 13.0 Å². The summed E-state index contributed by atoms with van der Waals surface area (Å²) in [6.45, 7) is 2.28. The van der Waals surface area contributed by atoms with Crippen LogP contribution in [-0.2, 0) is 14.6 Å². The van der Waals surface area contributed by atoms with Crippen LogP contribution >= 0.6 is 11.6 Å². The third kappa shape index (κ3) is 19.7. The van der Waals surface area contributed by atoms with Gasteiger partial charge in [0.2, 0.25) is 15.8 Å². The average molecular weight is 504 g/mol. The van der Waals surface area contributed by atoms with E-state index in [1.54, 1.807) is 12.1 Å². The van der Waals surface area contributed by atoms with Gasteiger partial charge in [0.15, 0.2) is 4.98 Å². The van der Waals surface area contributed by atoms with Gasteiger partial charge in [0.05, 0.1) is 6.61 Å². The van der Waals surface area contributed by atoms with E-state index >= 15 is 0 Å². The first-order chi connectivity index (χ1) is 15.7. The summed E-state index contributed by atoms with van der Waals surface area (Å²) < 4.78 is 34.7. The second-order valence-corrected chi connectivity index (χ2v) is 9.92. The highest BCUT2D eigenvalue weighted by molar-refractivity contribution is 7.80. The Hall–Kier alpha value is -1.40. The van der Waals surface area contributed by atoms with E-state index in [2.05, 4.69) is 16.1 Å². The van der Waals surface area contributed by atoms with Gasteiger partial charge in [0.25, 0.3) is 0 Å². The summed E-state index contributed by atoms with van der Waals surface area (Å²) in [5.41, 5.74) is 1.37. The van der Waals surface area contributed by atoms with Crippen molar-refractivity contribution in [2.75, 3.05) is 25.6 Å². The van der Waals surface area contributed by atoms with Crippen molar-refractivity contribution < 1.29 is 17.2 Å². The Labute approximate surface area is 206 Å². The molecule has 0 aliphatic heterocycles. The smallest absolute Gasteiger partial charge is 0.403 e. The van der Waals surface area contributed by atoms with Crippen molar-refractivity contribution in [3.63, 3.8) is 0 Å². The standard InChI is InChI=1S/C16H34O4S.C8H9ClN3/c1-2-3-4-5-6-7-8-9-10-11-12-13-14-15-16-20-21(17,18)19;1-12(2)6-3-4-8(11-10)7(9)5-6/h2-16H2,1H3,(H,17,18,19);3-5H,1-2H3/q;+1/p-1. The van der Waals surface area contributed by atoms with Gasteiger partial charge in [-0.15, -0.1) is 0 Å². The van der Waals surface area contributed by atoms with Crippen LogP contribution < -0.4 is 4.90 Å². The van der Waals surface area contributed by atoms with Crippen molar-refractivity contribution in [2.45, 2.75) is 96.8 Å². The van der Waals surface area contributed by atoms with Crippen molar-refractivity contribution in [2.24, 2.45) is 0 Å². The van der Waals surface area contributed by atoms with Gasteiger partial charge < -0.3 is 9.45 Å². The highest BCUT2D eigenvalue weighted by Gasteiger charge is 2.11. The molecule has 0 radical (unpaired) electrons. The molecule has 0 spiro atoms. The molecule has 1 aromatic rings. The number of unbranched alkanes of at least 4 members (excludes halogenated alkanes) is 13. The van der Waals surface area contributed by atoms with Crippen molar-refractivity contribution in [1.29, 1.82) is 5.39 Å². The second kappa shape index (κ2) is 20.0. The molecule has 0 unspecified atom stereocenters. The summed E-state index contributed by atoms with van der Waals surface area (Å²) in [4.78, 5) is 4.94. The van der Waals surface area contributed by atoms with E-state index in [0.717, 1.165) is 18.5 Å². The van der Waals surface area contributed by atoms with Gasteiger partial charge in [-0.05, 0) is 18.6 Å². The number of nitrogens with zero attached hydrogens (tertiary/aromatic N) is 3. The Kier molecular flexibility index (Phi) is 19.2. The van der Waals surface area contributed by atoms with Gasteiger partial charge in [-0.3, -0.25) is 4.18 Å². The zero-order valence-corrected chi connectivity index (χ0v) is 22.2. The van der Waals surface area contributed by atoms with E-state index in [1.807, 2.05) is 25.1 Å². The third-order valence-electron chi connectivity index (χ3n) is 5.28. The van der Waals surface area contributed by atoms with Crippen LogP contribution in [0.1, 0.15) is 96.8 Å². The minimum Gasteiger partial charge on any atom is -0.726 e. The number of diazo groups is 1. The highest BCUT2D eigenvalue weighted by atomic mass is 35.5. The third-order valence-corrected chi connectivity index (χ3v) is 6.04. The zero-order chi connectivity index (χ0) is 25.0. The lowest BCUT2D eigenvalue weighted by molar-refractivity contribution is 0.255. The van der Waals surface area contributed by atoms with Gasteiger partial charge in [-0.1, -0.05) is 102 Å². The van der Waals surface area contributed by atoms with Crippen LogP contribution in [-0.4, -0.2) is 33.7 Å². The molecule has 1 aromatic carbocycles. The van der Waals surface area contributed by atoms with Crippen LogP contribution in [0.5, 0.6) is 0 Å². The Morgan fingerprint density at radius 2 is 1.36 bits per heavy atom. The molecule has 0 aromatic heterocycles. The molecule has 0 N–H and O–H groups in total. The molecule has 0 amide bonds. The summed E-state index contributed by atoms with van der Waals surface area (Å²) in [5, 5.41) is 8.92. The van der Waals surface area contributed by atoms with E-state index in [0.29, 0.717) is 17.1 Å². The number of hydrogen-bond acceptors (Lipinski definition) is 6. The van der Waals surface area contributed by atoms with Gasteiger partial charge in [-0.25, -0.2) is 8.42 Å². The summed E-state index contributed by atoms with van der Waals surface area (Å²) in [6.07, 6.45) is 17.4. The first kappa shape index (κ1) is 31.6. The molecule has 7 nitrogen and oxygen atoms in total. The maximum Gasteiger partial charge on any atom is 0.403 e. The van der Waals surface area contributed by atoms with Crippen molar-refractivity contribution in [3.8, 4) is 0 Å². The van der Waals surface area contributed by atoms with Crippen LogP contribution in [0.25, 0.3) is 4.98 Å². The lowest BCUT2D eigenvalue weighted by atomic mass is 10.0. The van der Waals surface area contributed by atoms with Crippen LogP contribution in [0.3, 0.4) is 0 Å². The van der Waals surface area contributed by atoms with Gasteiger partial charge >= 0.3 is 5.69 Å². The van der Waals surface area contributed by atoms with Crippen molar-refractivity contribution in [3.05, 3.63) is 28.2 Å². The number of rotatable bonds is 17. The maximum absolute atomic E-state index is 10.2. The number of hydrogen-bond donors (Lipinski definition) is 0. The Morgan fingerprint density at radius 3 is 1.73 bits per heavy atom. The molecular formula is C24H42ClN3O4S. The molecule has 33 heavy (non-hydrogen) atoms. The molecule has 0 heterocycles. The Morgan fingerprint density at radius 1 is 0.909 bits per heavy atom. The predicted octanol–water partition coefficient (Wildman–Crippen LogP) is 7.84. The fourth-order valence-electron chi connectivity index (χ4n) is 3.31. The molecule has 1 rings (SSSR count). The quantitative estimate of drug-likeness (QED) is 0.0928. The van der Waals surface area contributed by atoms with E-state index in [1.165, 1.54) is 70.6 Å². The van der Waals surface area contributed by atoms with Gasteiger partial charge in [0.1, 0.15) is 5.02 Å². The lowest BCUT2D eigenvalue weighted by Crippen LogP contribution is -2.07. The molecule has 0 bridgehead atoms. The number of benzene rings is 1. The monoisotopic (exact) mass is 503 g/mol. The topological polar surface area (TPSA) is 97.8 Å². The Bertz CT molecular complexity index is 767. The molecule has 0 saturated heterocycles. The first-order valence-corrected chi connectivity index (χ1v) is 13.8. The molecule has 0 atom stereocenters. The molecule has 0 aliphatic carbocycles. The second-order valence-electron chi connectivity index (χ2n) is 8.46. The fourth-order valence-corrected chi connectivity index (χ4v) is 3.85. The summed E-state index contributed by atoms with van der Waals surface area (Å²) >= 11 is 5.79. The van der Waals surface area contributed by atoms with Crippen LogP contribution in [0.4, 0.5) is 11.4 Å². The van der Waals surface area contributed by atoms with E-state index in [-0.39, 0.29) is 6.61 Å². The minimum absolute atomic E-state index is 0.0316. The lowest BCUT2D eigenvalue weighted by Gasteiger charge is -2.10. The molecule has 9 heteroatoms. The number of halogens is 1. The van der Waals surface area contributed by atoms with Gasteiger partial charge in [0, 0.05) is 25.8 Å². The SMILES string of the molecule is CCCCCCCCCCCCCCCCOS(=O)(=O)[O-].CN(C)c1ccc([N+]#N)c(Cl)c1. The largest absolute Gasteiger partial charge is 0.726 e. The predicted molar refractivity (Wildman–Crippen MR) is 136 cm³/mol. The molecule has 0 saturated carbocycles. The fraction of sp³-hybridized carbons (Fsp3) is 0.750. The zero-order valence-electron chi connectivity index (χ0n) is 20.6. The Balaban J connectivity index is 0.000000716. The van der Waals surface area contributed by atoms with E-state index < -0.39 is 10.4 Å². The average Bonchev–Trinajstić information content (AvgIpc) is 2.76. The maximum atomic E-state index is 10.2. The summed E-state index contributed by atoms with van der Waals surface area (Å²) in [5.74, 6) is 0. The molecule has 0 aliphatic rings. The molecular weight excluding hydrogens is 462 g/mol. The highest BCUT2D eigenvalue weighted by Crippen LogP contribution is 2.28. The minimum atomic E-state index is -4.49. The first-order valence-electron chi connectivity index (χ1n) is 12.1. The van der Waals surface area contributed by atoms with E-state index in [4.69, 9.17) is 17.0 Å². The van der Waals surface area contributed by atoms with Crippen LogP contribution in [0.2, 0.25) is 5.02 Å². The molecule has 190 valence electrons. The molecule has 0 fully saturated rings. The van der Waals surface area contributed by atoms with Crippen molar-refractivity contribution in [1.82, 2.24) is 0 Å². The van der Waals surface area contributed by atoms with Crippen molar-refractivity contribution >= 4 is 33.4 Å². The summed E-state index contributed by atoms with van der Waals surface area (Å²) in [7, 11) is -0.656. The number of anilines is 1. The van der Waals surface area contributed by atoms with Crippen LogP contribution in [0, 0.1) is 5.39 Å². The van der Waals surface area contributed by atoms with Gasteiger partial charge in [-0.2, -0.15) is 0 Å². The summed E-state index contributed by atoms with van der Waals surface area (Å²) in [6, 6.07) is 5.25. The normalized spacial score (nSPS) is 10.9.